The number of pyridine rings is 1. The summed E-state index contributed by atoms with van der Waals surface area (Å²) < 4.78 is 32.3. The van der Waals surface area contributed by atoms with Crippen LogP contribution in [0.4, 0.5) is 30.5 Å². The third-order valence-corrected chi connectivity index (χ3v) is 7.40. The van der Waals surface area contributed by atoms with Gasteiger partial charge in [-0.15, -0.1) is 11.3 Å². The number of hydrogen-bond acceptors (Lipinski definition) is 8. The van der Waals surface area contributed by atoms with Crippen LogP contribution in [0.5, 0.6) is 17.2 Å². The monoisotopic (exact) mass is 618 g/mol. The molecule has 1 aliphatic rings. The highest BCUT2D eigenvalue weighted by Crippen LogP contribution is 2.38. The molecule has 3 amide bonds. The van der Waals surface area contributed by atoms with Gasteiger partial charge in [-0.05, 0) is 69.9 Å². The summed E-state index contributed by atoms with van der Waals surface area (Å²) in [4.78, 5) is 38.2. The van der Waals surface area contributed by atoms with Gasteiger partial charge in [0.25, 0.3) is 0 Å². The van der Waals surface area contributed by atoms with Crippen molar-refractivity contribution >= 4 is 50.9 Å². The lowest BCUT2D eigenvalue weighted by atomic mass is 9.98. The SMILES string of the molecule is [C-]#[N+]c1cc2c(Oc3ccc(NC(=O)Nc4nccs4)c(F)c3)ccnc2cc1OCC1CCN(C(=O)OC(C)(C)C)CC1. The van der Waals surface area contributed by atoms with Crippen LogP contribution in [0, 0.1) is 18.3 Å². The Bertz CT molecular complexity index is 1690. The molecule has 2 aromatic carbocycles. The number of carbonyl (C=O) groups is 2. The smallest absolute Gasteiger partial charge is 0.410 e. The molecule has 0 unspecified atom stereocenters. The van der Waals surface area contributed by atoms with Gasteiger partial charge in [-0.3, -0.25) is 10.3 Å². The van der Waals surface area contributed by atoms with Crippen molar-refractivity contribution < 1.29 is 28.2 Å². The number of benzene rings is 2. The third-order valence-electron chi connectivity index (χ3n) is 6.71. The van der Waals surface area contributed by atoms with Gasteiger partial charge in [0, 0.05) is 42.3 Å². The molecular weight excluding hydrogens is 587 g/mol. The first-order valence-corrected chi connectivity index (χ1v) is 14.8. The number of amides is 3. The van der Waals surface area contributed by atoms with Gasteiger partial charge < -0.3 is 24.4 Å². The molecule has 228 valence electrons. The van der Waals surface area contributed by atoms with Crippen molar-refractivity contribution in [2.45, 2.75) is 39.2 Å². The van der Waals surface area contributed by atoms with Crippen LogP contribution in [0.1, 0.15) is 33.6 Å². The van der Waals surface area contributed by atoms with E-state index in [-0.39, 0.29) is 23.4 Å². The number of fused-ring (bicyclic) bond motifs is 1. The predicted molar refractivity (Wildman–Crippen MR) is 165 cm³/mol. The third kappa shape index (κ3) is 7.70. The number of nitrogens with one attached hydrogen (secondary N) is 2. The van der Waals surface area contributed by atoms with Crippen molar-refractivity contribution in [1.82, 2.24) is 14.9 Å². The zero-order valence-electron chi connectivity index (χ0n) is 24.4. The summed E-state index contributed by atoms with van der Waals surface area (Å²) in [6.07, 6.45) is 4.32. The van der Waals surface area contributed by atoms with Crippen molar-refractivity contribution in [3.05, 3.63) is 71.4 Å². The van der Waals surface area contributed by atoms with E-state index in [4.69, 9.17) is 20.8 Å². The van der Waals surface area contributed by atoms with E-state index < -0.39 is 17.4 Å². The van der Waals surface area contributed by atoms with E-state index in [0.29, 0.717) is 52.9 Å². The van der Waals surface area contributed by atoms with Crippen molar-refractivity contribution in [2.24, 2.45) is 5.92 Å². The van der Waals surface area contributed by atoms with Crippen LogP contribution in [0.25, 0.3) is 15.7 Å². The van der Waals surface area contributed by atoms with E-state index in [9.17, 15) is 14.0 Å². The lowest BCUT2D eigenvalue weighted by molar-refractivity contribution is 0.0165. The molecule has 5 rings (SSSR count). The second-order valence-corrected chi connectivity index (χ2v) is 12.0. The van der Waals surface area contributed by atoms with E-state index in [1.54, 1.807) is 40.9 Å². The van der Waals surface area contributed by atoms with E-state index in [0.717, 1.165) is 18.9 Å². The van der Waals surface area contributed by atoms with E-state index in [2.05, 4.69) is 25.4 Å². The Morgan fingerprint density at radius 1 is 1.09 bits per heavy atom. The van der Waals surface area contributed by atoms with Crippen LogP contribution >= 0.6 is 11.3 Å². The summed E-state index contributed by atoms with van der Waals surface area (Å²) >= 11 is 1.24. The first-order valence-electron chi connectivity index (χ1n) is 13.9. The van der Waals surface area contributed by atoms with E-state index in [1.165, 1.54) is 23.5 Å². The Balaban J connectivity index is 1.23. The molecule has 2 aromatic heterocycles. The summed E-state index contributed by atoms with van der Waals surface area (Å²) in [5, 5.41) is 7.63. The zero-order chi connectivity index (χ0) is 31.3. The van der Waals surface area contributed by atoms with E-state index in [1.807, 2.05) is 20.8 Å². The number of anilines is 2. The number of urea groups is 1. The number of halogens is 1. The van der Waals surface area contributed by atoms with Gasteiger partial charge in [0.05, 0.1) is 24.4 Å². The molecule has 13 heteroatoms. The highest BCUT2D eigenvalue weighted by Gasteiger charge is 2.27. The Morgan fingerprint density at radius 3 is 2.57 bits per heavy atom. The highest BCUT2D eigenvalue weighted by molar-refractivity contribution is 7.13. The van der Waals surface area contributed by atoms with Gasteiger partial charge in [0.15, 0.2) is 5.13 Å². The van der Waals surface area contributed by atoms with Crippen LogP contribution in [0.2, 0.25) is 0 Å². The minimum atomic E-state index is -0.690. The van der Waals surface area contributed by atoms with Crippen LogP contribution in [-0.2, 0) is 4.74 Å². The van der Waals surface area contributed by atoms with Crippen LogP contribution in [0.15, 0.2) is 54.2 Å². The van der Waals surface area contributed by atoms with Crippen LogP contribution < -0.4 is 20.1 Å². The fraction of sp³-hybridized carbons (Fsp3) is 0.323. The second-order valence-electron chi connectivity index (χ2n) is 11.1. The topological polar surface area (TPSA) is 119 Å². The molecule has 1 saturated heterocycles. The largest absolute Gasteiger partial charge is 0.504 e. The van der Waals surface area contributed by atoms with Gasteiger partial charge in [-0.25, -0.2) is 23.8 Å². The van der Waals surface area contributed by atoms with Crippen molar-refractivity contribution in [3.8, 4) is 17.2 Å². The minimum absolute atomic E-state index is 0.0291. The number of thiazole rings is 1. The Kier molecular flexibility index (Phi) is 9.10. The first-order chi connectivity index (χ1) is 21.1. The van der Waals surface area contributed by atoms with Gasteiger partial charge in [-0.2, -0.15) is 0 Å². The molecule has 1 aliphatic heterocycles. The van der Waals surface area contributed by atoms with Gasteiger partial charge in [-0.1, -0.05) is 0 Å². The molecule has 0 radical (unpaired) electrons. The molecular formula is C31H31FN6O5S. The average molecular weight is 619 g/mol. The van der Waals surface area contributed by atoms with Gasteiger partial charge in [0.2, 0.25) is 5.69 Å². The number of likely N-dealkylation sites (tertiary alicyclic amines) is 1. The normalized spacial score (nSPS) is 13.7. The fourth-order valence-electron chi connectivity index (χ4n) is 4.57. The Labute approximate surface area is 257 Å². The number of piperidine rings is 1. The number of nitrogens with zero attached hydrogens (tertiary/aromatic N) is 4. The quantitative estimate of drug-likeness (QED) is 0.203. The summed E-state index contributed by atoms with van der Waals surface area (Å²) in [7, 11) is 0. The predicted octanol–water partition coefficient (Wildman–Crippen LogP) is 7.84. The molecule has 3 heterocycles. The maximum Gasteiger partial charge on any atom is 0.410 e. The summed E-state index contributed by atoms with van der Waals surface area (Å²) in [6, 6.07) is 8.41. The highest BCUT2D eigenvalue weighted by atomic mass is 32.1. The first kappa shape index (κ1) is 30.5. The molecule has 1 fully saturated rings. The van der Waals surface area contributed by atoms with Crippen LogP contribution in [-0.4, -0.2) is 52.3 Å². The Hall–Kier alpha value is -4.96. The van der Waals surface area contributed by atoms with Gasteiger partial charge in [0.1, 0.15) is 28.7 Å². The fourth-order valence-corrected chi connectivity index (χ4v) is 5.09. The number of ether oxygens (including phenoxy) is 3. The molecule has 0 saturated carbocycles. The second kappa shape index (κ2) is 13.1. The number of carbonyl (C=O) groups excluding carboxylic acids is 2. The summed E-state index contributed by atoms with van der Waals surface area (Å²) in [6.45, 7) is 14.8. The maximum atomic E-state index is 14.8. The van der Waals surface area contributed by atoms with Crippen LogP contribution in [0.3, 0.4) is 0 Å². The number of rotatable bonds is 7. The average Bonchev–Trinajstić information content (AvgIpc) is 3.49. The molecule has 0 bridgehead atoms. The molecule has 2 N–H and O–H groups in total. The zero-order valence-corrected chi connectivity index (χ0v) is 25.2. The minimum Gasteiger partial charge on any atom is -0.504 e. The number of aromatic nitrogens is 2. The summed E-state index contributed by atoms with van der Waals surface area (Å²) in [5.74, 6) is 0.510. The van der Waals surface area contributed by atoms with Crippen molar-refractivity contribution in [2.75, 3.05) is 30.3 Å². The van der Waals surface area contributed by atoms with Crippen molar-refractivity contribution in [1.29, 1.82) is 0 Å². The Morgan fingerprint density at radius 2 is 1.89 bits per heavy atom. The lowest BCUT2D eigenvalue weighted by Crippen LogP contribution is -2.42. The standard InChI is InChI=1S/C31H31FN6O5S/c1-31(2,3)43-30(40)38-12-8-19(9-13-38)18-41-27-17-24-21(16-25(27)33-4)26(7-10-34-24)42-20-5-6-23(22(32)15-20)36-28(39)37-29-35-11-14-44-29/h5-7,10-11,14-17,19H,8-9,12-13,18H2,1-3H3,(H2,35,36,37,39). The van der Waals surface area contributed by atoms with Gasteiger partial charge >= 0.3 is 12.1 Å². The molecule has 0 spiro atoms. The molecule has 0 aliphatic carbocycles. The molecule has 4 aromatic rings. The molecule has 0 atom stereocenters. The van der Waals surface area contributed by atoms with E-state index >= 15 is 0 Å². The molecule has 11 nitrogen and oxygen atoms in total. The summed E-state index contributed by atoms with van der Waals surface area (Å²) in [5.41, 5.74) is 0.266. The van der Waals surface area contributed by atoms with Crippen molar-refractivity contribution in [3.63, 3.8) is 0 Å². The lowest BCUT2D eigenvalue weighted by Gasteiger charge is -2.33. The number of hydrogen-bond donors (Lipinski definition) is 2. The maximum absolute atomic E-state index is 14.8. The molecule has 44 heavy (non-hydrogen) atoms.